The van der Waals surface area contributed by atoms with Crippen molar-refractivity contribution >= 4 is 35.2 Å². The van der Waals surface area contributed by atoms with E-state index in [1.165, 1.54) is 10.8 Å². The number of para-hydroxylation sites is 1. The molecule has 39 heavy (non-hydrogen) atoms. The number of halogens is 2. The van der Waals surface area contributed by atoms with Crippen LogP contribution in [0.25, 0.3) is 44.5 Å². The van der Waals surface area contributed by atoms with Gasteiger partial charge in [-0.15, -0.1) is 53.2 Å². The van der Waals surface area contributed by atoms with E-state index in [2.05, 4.69) is 47.8 Å². The summed E-state index contributed by atoms with van der Waals surface area (Å²) in [5.41, 5.74) is 4.96. The molecule has 0 unspecified atom stereocenters. The minimum atomic E-state index is -1.69. The van der Waals surface area contributed by atoms with Gasteiger partial charge in [0.1, 0.15) is 17.2 Å². The largest absolute Gasteiger partial charge is 0.501 e. The molecule has 3 aromatic heterocycles. The van der Waals surface area contributed by atoms with E-state index in [9.17, 15) is 8.78 Å². The van der Waals surface area contributed by atoms with Crippen LogP contribution in [-0.2, 0) is 20.1 Å². The molecular formula is C32H26F2IrN2OSi-2. The zero-order chi connectivity index (χ0) is 26.9. The molecule has 0 aliphatic carbocycles. The topological polar surface area (TPSA) is 38.9 Å². The normalized spacial score (nSPS) is 11.1. The molecule has 3 aromatic carbocycles. The molecule has 3 heterocycles. The third-order valence-electron chi connectivity index (χ3n) is 6.20. The number of hydrogen-bond acceptors (Lipinski definition) is 3. The maximum absolute atomic E-state index is 14.3. The Balaban J connectivity index is 0.000000213. The van der Waals surface area contributed by atoms with Crippen LogP contribution in [-0.4, -0.2) is 18.0 Å². The fourth-order valence-electron chi connectivity index (χ4n) is 4.32. The molecule has 0 atom stereocenters. The van der Waals surface area contributed by atoms with Crippen LogP contribution in [0.3, 0.4) is 0 Å². The van der Waals surface area contributed by atoms with Crippen LogP contribution in [0.1, 0.15) is 5.56 Å². The first-order valence-corrected chi connectivity index (χ1v) is 15.8. The van der Waals surface area contributed by atoms with E-state index in [-0.39, 0.29) is 25.8 Å². The Bertz CT molecular complexity index is 1730. The molecule has 0 amide bonds. The summed E-state index contributed by atoms with van der Waals surface area (Å²) in [5, 5.41) is 3.17. The second kappa shape index (κ2) is 11.7. The summed E-state index contributed by atoms with van der Waals surface area (Å²) in [5.74, 6) is -1.43. The van der Waals surface area contributed by atoms with Gasteiger partial charge in [-0.05, 0) is 24.2 Å². The van der Waals surface area contributed by atoms with E-state index < -0.39 is 19.7 Å². The van der Waals surface area contributed by atoms with Crippen LogP contribution in [0.4, 0.5) is 8.78 Å². The Morgan fingerprint density at radius 1 is 0.872 bits per heavy atom. The van der Waals surface area contributed by atoms with Gasteiger partial charge in [-0.3, -0.25) is 4.98 Å². The van der Waals surface area contributed by atoms with Crippen LogP contribution in [0, 0.1) is 30.7 Å². The van der Waals surface area contributed by atoms with E-state index in [4.69, 9.17) is 4.42 Å². The second-order valence-corrected chi connectivity index (χ2v) is 15.1. The average Bonchev–Trinajstić information content (AvgIpc) is 3.29. The van der Waals surface area contributed by atoms with Gasteiger partial charge in [0.2, 0.25) is 0 Å². The summed E-state index contributed by atoms with van der Waals surface area (Å²) in [7, 11) is -1.69. The number of rotatable bonds is 3. The molecule has 6 rings (SSSR count). The van der Waals surface area contributed by atoms with E-state index in [1.807, 2.05) is 73.8 Å². The number of fused-ring (bicyclic) bond motifs is 3. The first-order chi connectivity index (χ1) is 18.2. The first-order valence-electron chi connectivity index (χ1n) is 12.3. The van der Waals surface area contributed by atoms with Gasteiger partial charge in [-0.25, -0.2) is 8.78 Å². The molecule has 0 saturated heterocycles. The van der Waals surface area contributed by atoms with Crippen LogP contribution in [0.15, 0.2) is 89.6 Å². The fourth-order valence-corrected chi connectivity index (χ4v) is 5.82. The molecule has 0 fully saturated rings. The Hall–Kier alpha value is -3.51. The van der Waals surface area contributed by atoms with Crippen molar-refractivity contribution in [2.45, 2.75) is 26.6 Å². The molecule has 0 aliphatic rings. The predicted molar refractivity (Wildman–Crippen MR) is 152 cm³/mol. The number of hydrogen-bond donors (Lipinski definition) is 0. The predicted octanol–water partition coefficient (Wildman–Crippen LogP) is 8.13. The smallest absolute Gasteiger partial charge is 0.142 e. The molecule has 0 spiro atoms. The summed E-state index contributed by atoms with van der Waals surface area (Å²) in [6.07, 6.45) is 2.88. The monoisotopic (exact) mass is 713 g/mol. The molecule has 0 N–H and O–H groups in total. The minimum absolute atomic E-state index is 0. The molecule has 0 bridgehead atoms. The van der Waals surface area contributed by atoms with Gasteiger partial charge in [-0.2, -0.15) is 0 Å². The summed E-state index contributed by atoms with van der Waals surface area (Å²) in [6, 6.07) is 28.7. The molecule has 0 aliphatic heterocycles. The van der Waals surface area contributed by atoms with Crippen molar-refractivity contribution in [1.29, 1.82) is 0 Å². The Morgan fingerprint density at radius 2 is 1.64 bits per heavy atom. The van der Waals surface area contributed by atoms with Crippen LogP contribution >= 0.6 is 0 Å². The average molecular weight is 713 g/mol. The summed E-state index contributed by atoms with van der Waals surface area (Å²) in [4.78, 5) is 8.25. The number of nitrogens with zero attached hydrogens (tertiary/aromatic N) is 2. The zero-order valence-corrected chi connectivity index (χ0v) is 25.4. The van der Waals surface area contributed by atoms with Gasteiger partial charge >= 0.3 is 0 Å². The molecule has 0 saturated carbocycles. The van der Waals surface area contributed by atoms with E-state index >= 15 is 0 Å². The molecular weight excluding hydrogens is 687 g/mol. The van der Waals surface area contributed by atoms with Crippen molar-refractivity contribution in [3.8, 4) is 22.5 Å². The van der Waals surface area contributed by atoms with Crippen molar-refractivity contribution in [2.24, 2.45) is 0 Å². The van der Waals surface area contributed by atoms with Gasteiger partial charge in [-0.1, -0.05) is 60.9 Å². The third kappa shape index (κ3) is 6.06. The van der Waals surface area contributed by atoms with E-state index in [1.54, 1.807) is 0 Å². The molecule has 199 valence electrons. The molecule has 7 heteroatoms. The van der Waals surface area contributed by atoms with Crippen LogP contribution in [0.2, 0.25) is 19.6 Å². The third-order valence-corrected chi connectivity index (χ3v) is 8.21. The summed E-state index contributed by atoms with van der Waals surface area (Å²) < 4.78 is 33.6. The second-order valence-electron chi connectivity index (χ2n) is 10.1. The van der Waals surface area contributed by atoms with Gasteiger partial charge in [0.05, 0.1) is 11.8 Å². The quantitative estimate of drug-likeness (QED) is 0.138. The fraction of sp³-hybridized carbons (Fsp3) is 0.125. The van der Waals surface area contributed by atoms with Gasteiger partial charge in [0.25, 0.3) is 0 Å². The number of aryl methyl sites for hydroxylation is 1. The maximum atomic E-state index is 14.3. The molecule has 3 nitrogen and oxygen atoms in total. The van der Waals surface area contributed by atoms with E-state index in [0.29, 0.717) is 11.1 Å². The minimum Gasteiger partial charge on any atom is -0.501 e. The number of aromatic nitrogens is 2. The van der Waals surface area contributed by atoms with Gasteiger partial charge in [0.15, 0.2) is 0 Å². The van der Waals surface area contributed by atoms with Gasteiger partial charge < -0.3 is 9.40 Å². The van der Waals surface area contributed by atoms with Crippen molar-refractivity contribution in [3.63, 3.8) is 0 Å². The van der Waals surface area contributed by atoms with Crippen molar-refractivity contribution in [1.82, 2.24) is 9.97 Å². The standard InChI is InChI=1S/C20H16F2NOSi.C12H10N.Ir/c1-25(2,3)17-9-8-14(19-15(22)10-12(21)11-23-19)20-18(17)13-6-4-5-7-16(13)24-20;1-10-7-8-12(13-9-10)11-5-3-2-4-6-11;/h4-7,9-11H,1-3H3;2-5,7-9H,1H3;/q2*-1;. The van der Waals surface area contributed by atoms with Crippen molar-refractivity contribution < 1.29 is 33.3 Å². The number of benzene rings is 3. The zero-order valence-electron chi connectivity index (χ0n) is 22.0. The van der Waals surface area contributed by atoms with Crippen LogP contribution in [0.5, 0.6) is 0 Å². The van der Waals surface area contributed by atoms with Gasteiger partial charge in [0, 0.05) is 51.5 Å². The Morgan fingerprint density at radius 3 is 2.31 bits per heavy atom. The Labute approximate surface area is 241 Å². The van der Waals surface area contributed by atoms with Crippen LogP contribution < -0.4 is 5.19 Å². The first kappa shape index (κ1) is 28.5. The molecule has 1 radical (unpaired) electrons. The summed E-state index contributed by atoms with van der Waals surface area (Å²) >= 11 is 0. The number of furan rings is 1. The van der Waals surface area contributed by atoms with Crippen molar-refractivity contribution in [3.05, 3.63) is 115 Å². The SMILES string of the molecule is C[Si](C)(C)c1c[c-]c(-c2ncc(F)cc2F)c2oc3ccccc3c12.Cc1ccc(-c2[c-]cccc2)nc1.[Ir]. The van der Waals surface area contributed by atoms with Crippen molar-refractivity contribution in [2.75, 3.05) is 0 Å². The number of pyridine rings is 2. The summed E-state index contributed by atoms with van der Waals surface area (Å²) in [6.45, 7) is 8.76. The van der Waals surface area contributed by atoms with E-state index in [0.717, 1.165) is 39.9 Å². The Kier molecular flexibility index (Phi) is 8.55. The molecule has 6 aromatic rings. The maximum Gasteiger partial charge on any atom is 0.142 e.